The van der Waals surface area contributed by atoms with Crippen molar-refractivity contribution in [2.75, 3.05) is 30.8 Å². The maximum absolute atomic E-state index is 12.2. The fourth-order valence-electron chi connectivity index (χ4n) is 2.75. The lowest BCUT2D eigenvalue weighted by Crippen LogP contribution is -2.33. The number of rotatable bonds is 12. The molecule has 0 aliphatic carbocycles. The molecular formula is C26H32N4O4S. The van der Waals surface area contributed by atoms with E-state index in [9.17, 15) is 13.2 Å². The molecule has 0 saturated heterocycles. The number of hydrogen-bond donors (Lipinski definition) is 1. The van der Waals surface area contributed by atoms with Gasteiger partial charge >= 0.3 is 0 Å². The first-order valence-electron chi connectivity index (χ1n) is 17.9. The van der Waals surface area contributed by atoms with Gasteiger partial charge in [0.1, 0.15) is 12.4 Å². The Labute approximate surface area is 229 Å². The molecule has 1 amide bonds. The Balaban J connectivity index is 2.34. The quantitative estimate of drug-likeness (QED) is 0.393. The Hall–Kier alpha value is -3.30. The molecule has 0 fully saturated rings. The number of benzene rings is 2. The van der Waals surface area contributed by atoms with Gasteiger partial charge in [-0.15, -0.1) is 0 Å². The first kappa shape index (κ1) is 12.1. The highest BCUT2D eigenvalue weighted by Gasteiger charge is 2.17. The Morgan fingerprint density at radius 3 is 2.29 bits per heavy atom. The maximum Gasteiger partial charge on any atom is 0.259 e. The molecule has 35 heavy (non-hydrogen) atoms. The van der Waals surface area contributed by atoms with Crippen molar-refractivity contribution in [3.63, 3.8) is 0 Å². The van der Waals surface area contributed by atoms with Crippen molar-refractivity contribution >= 4 is 21.7 Å². The lowest BCUT2D eigenvalue weighted by Gasteiger charge is -2.28. The van der Waals surface area contributed by atoms with Crippen molar-refractivity contribution in [2.24, 2.45) is 0 Å². The van der Waals surface area contributed by atoms with Crippen LogP contribution in [0.15, 0.2) is 66.9 Å². The minimum Gasteiger partial charge on any atom is -0.372 e. The Morgan fingerprint density at radius 2 is 1.69 bits per heavy atom. The number of hydrogen-bond acceptors (Lipinski definition) is 7. The molecule has 1 N–H and O–H groups in total. The molecule has 0 spiro atoms. The molecule has 1 aromatic heterocycles. The fraction of sp³-hybridized carbons (Fsp3) is 0.346. The van der Waals surface area contributed by atoms with Crippen molar-refractivity contribution < 1.29 is 39.9 Å². The van der Waals surface area contributed by atoms with Crippen molar-refractivity contribution in [3.05, 3.63) is 66.9 Å². The van der Waals surface area contributed by atoms with E-state index in [0.717, 1.165) is 10.9 Å². The third kappa shape index (κ3) is 8.15. The molecule has 186 valence electrons. The van der Waals surface area contributed by atoms with Crippen LogP contribution < -0.4 is 9.62 Å². The van der Waals surface area contributed by atoms with Crippen LogP contribution in [0.1, 0.15) is 48.4 Å². The van der Waals surface area contributed by atoms with Gasteiger partial charge in [0.05, 0.1) is 29.3 Å². The first-order chi connectivity index (χ1) is 22.9. The Kier molecular flexibility index (Phi) is 4.29. The summed E-state index contributed by atoms with van der Waals surface area (Å²) in [6.45, 7) is -20.0. The van der Waals surface area contributed by atoms with Gasteiger partial charge in [0.2, 0.25) is 10.0 Å². The molecule has 0 atom stereocenters. The van der Waals surface area contributed by atoms with Gasteiger partial charge in [-0.1, -0.05) is 60.7 Å². The molecular weight excluding hydrogens is 464 g/mol. The van der Waals surface area contributed by atoms with E-state index in [4.69, 9.17) is 21.9 Å². The zero-order valence-electron chi connectivity index (χ0n) is 34.3. The lowest BCUT2D eigenvalue weighted by molar-refractivity contribution is -0.123. The van der Waals surface area contributed by atoms with Gasteiger partial charge in [0.25, 0.3) is 5.91 Å². The summed E-state index contributed by atoms with van der Waals surface area (Å²) < 4.78 is 161. The van der Waals surface area contributed by atoms with Crippen LogP contribution in [0.2, 0.25) is 0 Å². The predicted octanol–water partition coefficient (Wildman–Crippen LogP) is 3.90. The van der Waals surface area contributed by atoms with Crippen LogP contribution in [-0.4, -0.2) is 56.2 Å². The average molecular weight is 513 g/mol. The molecule has 8 nitrogen and oxygen atoms in total. The monoisotopic (exact) mass is 512 g/mol. The molecule has 0 bridgehead atoms. The second-order valence-corrected chi connectivity index (χ2v) is 8.55. The summed E-state index contributed by atoms with van der Waals surface area (Å²) in [4.78, 5) is 20.7. The number of nitrogens with one attached hydrogen (secondary N) is 1. The summed E-state index contributed by atoms with van der Waals surface area (Å²) in [6, 6.07) is 13.2. The van der Waals surface area contributed by atoms with E-state index < -0.39 is 73.9 Å². The van der Waals surface area contributed by atoms with Gasteiger partial charge in [0.15, 0.2) is 0 Å². The highest BCUT2D eigenvalue weighted by molar-refractivity contribution is 7.89. The van der Waals surface area contributed by atoms with E-state index in [-0.39, 0.29) is 16.3 Å². The molecule has 0 unspecified atom stereocenters. The van der Waals surface area contributed by atoms with Crippen molar-refractivity contribution in [3.8, 4) is 22.5 Å². The van der Waals surface area contributed by atoms with E-state index in [1.807, 2.05) is 0 Å². The third-order valence-electron chi connectivity index (χ3n) is 4.12. The average Bonchev–Trinajstić information content (AvgIpc) is 2.97. The van der Waals surface area contributed by atoms with Gasteiger partial charge in [-0.2, -0.15) is 0 Å². The molecule has 3 aromatic rings. The fourth-order valence-corrected chi connectivity index (χ4v) is 3.13. The van der Waals surface area contributed by atoms with E-state index in [2.05, 4.69) is 14.7 Å². The van der Waals surface area contributed by atoms with Gasteiger partial charge < -0.3 is 9.64 Å². The van der Waals surface area contributed by atoms with Crippen molar-refractivity contribution in [1.82, 2.24) is 14.7 Å². The number of carbonyl (C=O) groups excluding carboxylic acids is 1. The van der Waals surface area contributed by atoms with E-state index in [1.165, 1.54) is 0 Å². The number of nitrogens with zero attached hydrogens (tertiary/aromatic N) is 3. The first-order valence-corrected chi connectivity index (χ1v) is 11.8. The van der Waals surface area contributed by atoms with Crippen LogP contribution in [0.3, 0.4) is 0 Å². The molecule has 3 rings (SSSR count). The second kappa shape index (κ2) is 12.4. The standard InChI is InChI=1S/C26H32N4O4S/c1-20(2)30(16-10-11-17-34-19-24(31)29-35(3,32)33)23-18-27-25(21-12-6-4-7-13-21)26(28-23)22-14-8-5-9-15-22/h4-9,12-15,18,20H,10-11,16-17,19H2,1-3H3,(H,29,31)/i1D3,2D3,10D2,11D2,16D2,17D2,19D2. The number of sulfonamides is 1. The van der Waals surface area contributed by atoms with E-state index in [0.29, 0.717) is 17.4 Å². The molecule has 2 aromatic carbocycles. The van der Waals surface area contributed by atoms with Crippen molar-refractivity contribution in [2.45, 2.75) is 32.5 Å². The number of ether oxygens (including phenoxy) is 1. The molecule has 0 aliphatic rings. The van der Waals surface area contributed by atoms with Crippen LogP contribution in [-0.2, 0) is 19.6 Å². The number of aromatic nitrogens is 2. The zero-order chi connectivity index (χ0) is 39.2. The second-order valence-electron chi connectivity index (χ2n) is 6.80. The van der Waals surface area contributed by atoms with Gasteiger partial charge in [0, 0.05) is 46.7 Å². The Morgan fingerprint density at radius 1 is 1.06 bits per heavy atom. The van der Waals surface area contributed by atoms with E-state index in [1.54, 1.807) is 60.7 Å². The largest absolute Gasteiger partial charge is 0.372 e. The van der Waals surface area contributed by atoms with Crippen LogP contribution >= 0.6 is 0 Å². The molecule has 9 heteroatoms. The summed E-state index contributed by atoms with van der Waals surface area (Å²) in [7, 11) is -4.47. The maximum atomic E-state index is 12.2. The van der Waals surface area contributed by atoms with Crippen molar-refractivity contribution in [1.29, 1.82) is 0 Å². The minimum atomic E-state index is -4.47. The van der Waals surface area contributed by atoms with E-state index >= 15 is 0 Å². The summed E-state index contributed by atoms with van der Waals surface area (Å²) in [5.74, 6) is -3.08. The lowest BCUT2D eigenvalue weighted by atomic mass is 10.0. The number of anilines is 1. The molecule has 0 radical (unpaired) electrons. The highest BCUT2D eigenvalue weighted by atomic mass is 32.2. The summed E-state index contributed by atoms with van der Waals surface area (Å²) in [5, 5.41) is 0. The number of carbonyl (C=O) groups is 1. The highest BCUT2D eigenvalue weighted by Crippen LogP contribution is 2.30. The van der Waals surface area contributed by atoms with Gasteiger partial charge in [-0.25, -0.2) is 13.4 Å². The topological polar surface area (TPSA) is 101 Å². The van der Waals surface area contributed by atoms with Gasteiger partial charge in [-0.3, -0.25) is 14.5 Å². The van der Waals surface area contributed by atoms with Crippen LogP contribution in [0.4, 0.5) is 5.82 Å². The molecule has 0 aliphatic heterocycles. The SMILES string of the molecule is [2H]C([2H])(OC([2H])([2H])C([2H])([2H])C([2H])([2H])C([2H])([2H])N(c1cnc(-c2ccccc2)c(-c2ccccc2)n1)C(C([2H])([2H])[2H])C([2H])([2H])[2H])C(=O)NS(C)(=O)=O. The van der Waals surface area contributed by atoms with Crippen LogP contribution in [0, 0.1) is 0 Å². The normalized spacial score (nSPS) is 21.0. The summed E-state index contributed by atoms with van der Waals surface area (Å²) in [5.41, 5.74) is 0.841. The predicted molar refractivity (Wildman–Crippen MR) is 138 cm³/mol. The van der Waals surface area contributed by atoms with Crippen LogP contribution in [0.25, 0.3) is 22.5 Å². The smallest absolute Gasteiger partial charge is 0.259 e. The zero-order valence-corrected chi connectivity index (χ0v) is 19.1. The van der Waals surface area contributed by atoms with Crippen LogP contribution in [0.5, 0.6) is 0 Å². The molecule has 0 saturated carbocycles. The minimum absolute atomic E-state index is 0.0674. The molecule has 1 heterocycles. The Bertz CT molecular complexity index is 1810. The third-order valence-corrected chi connectivity index (χ3v) is 4.68. The van der Waals surface area contributed by atoms with Gasteiger partial charge in [-0.05, 0) is 26.4 Å². The summed E-state index contributed by atoms with van der Waals surface area (Å²) in [6.07, 6.45) is -7.69. The number of amides is 1. The summed E-state index contributed by atoms with van der Waals surface area (Å²) >= 11 is 0.